The molecule has 0 amide bonds. The van der Waals surface area contributed by atoms with Crippen LogP contribution in [0.2, 0.25) is 0 Å². The molecule has 0 N–H and O–H groups in total. The zero-order valence-electron chi connectivity index (χ0n) is 19.4. The number of ketones is 2. The first-order valence-corrected chi connectivity index (χ1v) is 12.0. The molecule has 4 heteroatoms. The highest BCUT2D eigenvalue weighted by atomic mass is 16.6. The molecule has 0 aliphatic heterocycles. The Hall–Kier alpha value is -1.45. The quantitative estimate of drug-likeness (QED) is 0.577. The van der Waals surface area contributed by atoms with Gasteiger partial charge in [-0.25, -0.2) is 0 Å². The molecule has 0 aromatic rings. The zero-order chi connectivity index (χ0) is 21.9. The van der Waals surface area contributed by atoms with Gasteiger partial charge in [0.1, 0.15) is 0 Å². The minimum Gasteiger partial charge on any atom is -0.450 e. The predicted octanol–water partition coefficient (Wildman–Crippen LogP) is 5.44. The van der Waals surface area contributed by atoms with Crippen molar-refractivity contribution in [2.75, 3.05) is 0 Å². The van der Waals surface area contributed by atoms with Gasteiger partial charge in [0.15, 0.2) is 17.2 Å². The number of hydrogen-bond acceptors (Lipinski definition) is 4. The molecule has 0 bridgehead atoms. The first kappa shape index (κ1) is 21.8. The summed E-state index contributed by atoms with van der Waals surface area (Å²) in [4.78, 5) is 38.0. The second-order valence-electron chi connectivity index (χ2n) is 11.4. The molecule has 0 saturated heterocycles. The third kappa shape index (κ3) is 3.04. The van der Waals surface area contributed by atoms with Gasteiger partial charge in [0.25, 0.3) is 0 Å². The number of carbonyl (C=O) groups excluding carboxylic acids is 3. The summed E-state index contributed by atoms with van der Waals surface area (Å²) >= 11 is 0. The van der Waals surface area contributed by atoms with Crippen LogP contribution in [0.1, 0.15) is 92.4 Å². The summed E-state index contributed by atoms with van der Waals surface area (Å²) in [6.45, 7) is 9.42. The van der Waals surface area contributed by atoms with Gasteiger partial charge in [0.05, 0.1) is 5.41 Å². The van der Waals surface area contributed by atoms with E-state index in [4.69, 9.17) is 4.74 Å². The van der Waals surface area contributed by atoms with Gasteiger partial charge in [-0.15, -0.1) is 0 Å². The lowest BCUT2D eigenvalue weighted by Crippen LogP contribution is -2.59. The molecule has 4 rings (SSSR count). The van der Waals surface area contributed by atoms with E-state index in [1.54, 1.807) is 6.92 Å². The lowest BCUT2D eigenvalue weighted by Gasteiger charge is -2.57. The second-order valence-corrected chi connectivity index (χ2v) is 11.4. The van der Waals surface area contributed by atoms with E-state index in [0.717, 1.165) is 44.9 Å². The van der Waals surface area contributed by atoms with Crippen molar-refractivity contribution in [3.05, 3.63) is 11.6 Å². The van der Waals surface area contributed by atoms with Crippen LogP contribution in [-0.4, -0.2) is 23.1 Å². The molecule has 3 saturated carbocycles. The van der Waals surface area contributed by atoms with E-state index >= 15 is 0 Å². The van der Waals surface area contributed by atoms with Gasteiger partial charge in [-0.2, -0.15) is 0 Å². The molecule has 0 aromatic carbocycles. The molecule has 3 fully saturated rings. The SMILES string of the molecule is CC[C@]12CC[C@H]3[C@@H](CCC4=CC(=O)CC[C@@H]43)[C@@H]1CC[C@@]2(OC(=O)C(C)(C)C)C(C)=O. The summed E-state index contributed by atoms with van der Waals surface area (Å²) in [5, 5.41) is 0. The first-order chi connectivity index (χ1) is 14.1. The Kier molecular flexibility index (Phi) is 5.30. The van der Waals surface area contributed by atoms with E-state index in [1.165, 1.54) is 5.57 Å². The van der Waals surface area contributed by atoms with E-state index in [2.05, 4.69) is 6.92 Å². The minimum atomic E-state index is -0.972. The van der Waals surface area contributed by atoms with E-state index in [0.29, 0.717) is 42.3 Å². The van der Waals surface area contributed by atoms with Gasteiger partial charge in [-0.3, -0.25) is 14.4 Å². The van der Waals surface area contributed by atoms with E-state index in [-0.39, 0.29) is 17.2 Å². The van der Waals surface area contributed by atoms with Gasteiger partial charge in [-0.05, 0) is 109 Å². The average molecular weight is 415 g/mol. The lowest BCUT2D eigenvalue weighted by molar-refractivity contribution is -0.197. The first-order valence-electron chi connectivity index (χ1n) is 12.0. The standard InChI is InChI=1S/C26H38O4/c1-6-25-13-11-20-19-10-8-18(28)15-17(19)7-9-21(20)22(25)12-14-26(25,16(2)27)30-23(29)24(3,4)5/h15,19-22H,6-14H2,1-5H3/t19-,20+,21+,22-,25-,26+/m0/s1. The second kappa shape index (κ2) is 7.31. The third-order valence-corrected chi connectivity index (χ3v) is 9.20. The molecule has 6 atom stereocenters. The van der Waals surface area contributed by atoms with Crippen molar-refractivity contribution in [1.29, 1.82) is 0 Å². The summed E-state index contributed by atoms with van der Waals surface area (Å²) < 4.78 is 6.24. The lowest BCUT2D eigenvalue weighted by atomic mass is 9.49. The van der Waals surface area contributed by atoms with Crippen LogP contribution in [0.15, 0.2) is 11.6 Å². The number of carbonyl (C=O) groups is 3. The summed E-state index contributed by atoms with van der Waals surface area (Å²) in [7, 11) is 0. The number of rotatable bonds is 3. The Morgan fingerprint density at radius 3 is 2.43 bits per heavy atom. The summed E-state index contributed by atoms with van der Waals surface area (Å²) in [5.41, 5.74) is -0.453. The van der Waals surface area contributed by atoms with Gasteiger partial charge < -0.3 is 4.74 Å². The molecule has 4 nitrogen and oxygen atoms in total. The smallest absolute Gasteiger partial charge is 0.312 e. The van der Waals surface area contributed by atoms with E-state index < -0.39 is 11.0 Å². The monoisotopic (exact) mass is 414 g/mol. The number of ether oxygens (including phenoxy) is 1. The highest BCUT2D eigenvalue weighted by molar-refractivity contribution is 5.91. The molecule has 166 valence electrons. The van der Waals surface area contributed by atoms with Crippen LogP contribution in [0.5, 0.6) is 0 Å². The molecule has 4 aliphatic rings. The largest absolute Gasteiger partial charge is 0.450 e. The topological polar surface area (TPSA) is 60.4 Å². The molecule has 4 aliphatic carbocycles. The Labute approximate surface area is 181 Å². The molecule has 0 aromatic heterocycles. The van der Waals surface area contributed by atoms with Crippen LogP contribution in [0.4, 0.5) is 0 Å². The number of fused-ring (bicyclic) bond motifs is 5. The van der Waals surface area contributed by atoms with Crippen molar-refractivity contribution in [1.82, 2.24) is 0 Å². The molecule has 0 spiro atoms. The molecule has 0 unspecified atom stereocenters. The normalized spacial score (nSPS) is 40.7. The number of hydrogen-bond donors (Lipinski definition) is 0. The number of Topliss-reactive ketones (excluding diaryl/α,β-unsaturated/α-hetero) is 1. The predicted molar refractivity (Wildman–Crippen MR) is 116 cm³/mol. The number of allylic oxidation sites excluding steroid dienone is 1. The Bertz CT molecular complexity index is 787. The maximum Gasteiger partial charge on any atom is 0.312 e. The summed E-state index contributed by atoms with van der Waals surface area (Å²) in [6.07, 6.45) is 10.3. The maximum absolute atomic E-state index is 13.1. The van der Waals surface area contributed by atoms with Crippen molar-refractivity contribution < 1.29 is 19.1 Å². The van der Waals surface area contributed by atoms with Crippen LogP contribution in [0, 0.1) is 34.5 Å². The molecular weight excluding hydrogens is 376 g/mol. The average Bonchev–Trinajstić information content (AvgIpc) is 3.02. The van der Waals surface area contributed by atoms with Gasteiger partial charge >= 0.3 is 5.97 Å². The van der Waals surface area contributed by atoms with Gasteiger partial charge in [0, 0.05) is 11.8 Å². The molecule has 0 heterocycles. The highest BCUT2D eigenvalue weighted by Crippen LogP contribution is 2.67. The fourth-order valence-electron chi connectivity index (χ4n) is 7.78. The zero-order valence-corrected chi connectivity index (χ0v) is 19.4. The Morgan fingerprint density at radius 2 is 1.80 bits per heavy atom. The summed E-state index contributed by atoms with van der Waals surface area (Å²) in [5.74, 6) is 2.23. The van der Waals surface area contributed by atoms with Crippen molar-refractivity contribution in [3.63, 3.8) is 0 Å². The van der Waals surface area contributed by atoms with E-state index in [1.807, 2.05) is 26.8 Å². The van der Waals surface area contributed by atoms with Crippen LogP contribution in [0.25, 0.3) is 0 Å². The van der Waals surface area contributed by atoms with Crippen molar-refractivity contribution in [3.8, 4) is 0 Å². The van der Waals surface area contributed by atoms with Gasteiger partial charge in [-0.1, -0.05) is 12.5 Å². The molecule has 30 heavy (non-hydrogen) atoms. The van der Waals surface area contributed by atoms with E-state index in [9.17, 15) is 14.4 Å². The highest BCUT2D eigenvalue weighted by Gasteiger charge is 2.68. The minimum absolute atomic E-state index is 0.0301. The van der Waals surface area contributed by atoms with Crippen molar-refractivity contribution in [2.45, 2.75) is 98.0 Å². The Morgan fingerprint density at radius 1 is 1.07 bits per heavy atom. The fourth-order valence-corrected chi connectivity index (χ4v) is 7.78. The van der Waals surface area contributed by atoms with Crippen LogP contribution in [0.3, 0.4) is 0 Å². The Balaban J connectivity index is 1.69. The van der Waals surface area contributed by atoms with Gasteiger partial charge in [0.2, 0.25) is 0 Å². The van der Waals surface area contributed by atoms with Crippen molar-refractivity contribution in [2.24, 2.45) is 34.5 Å². The van der Waals surface area contributed by atoms with Crippen LogP contribution >= 0.6 is 0 Å². The maximum atomic E-state index is 13.1. The fraction of sp³-hybridized carbons (Fsp3) is 0.808. The molecule has 0 radical (unpaired) electrons. The van der Waals surface area contributed by atoms with Crippen LogP contribution in [-0.2, 0) is 19.1 Å². The summed E-state index contributed by atoms with van der Waals surface area (Å²) in [6, 6.07) is 0. The number of esters is 1. The molecular formula is C26H38O4. The van der Waals surface area contributed by atoms with Crippen LogP contribution < -0.4 is 0 Å². The van der Waals surface area contributed by atoms with Crippen molar-refractivity contribution >= 4 is 17.5 Å². The third-order valence-electron chi connectivity index (χ3n) is 9.20.